The molecule has 0 aliphatic carbocycles. The van der Waals surface area contributed by atoms with E-state index in [4.69, 9.17) is 11.6 Å². The zero-order valence-electron chi connectivity index (χ0n) is 20.6. The van der Waals surface area contributed by atoms with Gasteiger partial charge in [0.05, 0.1) is 10.6 Å². The molecule has 0 aromatic heterocycles. The minimum atomic E-state index is -0.0980. The first-order valence-electron chi connectivity index (χ1n) is 12.0. The number of carbonyl (C=O) groups is 2. The molecule has 2 heterocycles. The van der Waals surface area contributed by atoms with Gasteiger partial charge in [0, 0.05) is 54.4 Å². The molecule has 0 saturated carbocycles. The molecule has 0 atom stereocenters. The molecule has 3 aromatic rings. The van der Waals surface area contributed by atoms with Crippen molar-refractivity contribution >= 4 is 52.6 Å². The summed E-state index contributed by atoms with van der Waals surface area (Å²) in [5.74, 6) is -0.0938. The Morgan fingerprint density at radius 2 is 1.72 bits per heavy atom. The van der Waals surface area contributed by atoms with Gasteiger partial charge in [0.25, 0.3) is 11.8 Å². The molecule has 0 N–H and O–H groups in total. The number of aryl methyl sites for hydroxylation is 2. The summed E-state index contributed by atoms with van der Waals surface area (Å²) in [6.45, 7) is 7.16. The van der Waals surface area contributed by atoms with Crippen molar-refractivity contribution in [3.05, 3.63) is 92.8 Å². The van der Waals surface area contributed by atoms with Crippen molar-refractivity contribution in [3.63, 3.8) is 0 Å². The molecular weight excluding hydrogens is 490 g/mol. The number of hydrogen-bond acceptors (Lipinski definition) is 4. The number of benzene rings is 3. The van der Waals surface area contributed by atoms with Gasteiger partial charge in [-0.2, -0.15) is 0 Å². The van der Waals surface area contributed by atoms with Gasteiger partial charge in [0.1, 0.15) is 0 Å². The number of rotatable bonds is 3. The highest BCUT2D eigenvalue weighted by atomic mass is 35.5. The highest BCUT2D eigenvalue weighted by Crippen LogP contribution is 2.42. The maximum atomic E-state index is 13.3. The van der Waals surface area contributed by atoms with Crippen LogP contribution in [0.4, 0.5) is 11.4 Å². The van der Waals surface area contributed by atoms with Gasteiger partial charge >= 0.3 is 0 Å². The molecule has 2 aliphatic rings. The molecule has 0 spiro atoms. The Morgan fingerprint density at radius 1 is 0.944 bits per heavy atom. The number of anilines is 2. The van der Waals surface area contributed by atoms with Crippen LogP contribution in [-0.2, 0) is 4.79 Å². The average molecular weight is 518 g/mol. The van der Waals surface area contributed by atoms with Crippen LogP contribution in [0.3, 0.4) is 0 Å². The Hall–Kier alpha value is -3.22. The molecule has 2 aliphatic heterocycles. The van der Waals surface area contributed by atoms with E-state index >= 15 is 0 Å². The monoisotopic (exact) mass is 517 g/mol. The largest absolute Gasteiger partial charge is 0.368 e. The van der Waals surface area contributed by atoms with Crippen LogP contribution in [0.1, 0.15) is 27.0 Å². The molecule has 7 heteroatoms. The fourth-order valence-corrected chi connectivity index (χ4v) is 5.96. The Morgan fingerprint density at radius 3 is 2.47 bits per heavy atom. The van der Waals surface area contributed by atoms with E-state index in [0.29, 0.717) is 28.6 Å². The quantitative estimate of drug-likeness (QED) is 0.398. The fourth-order valence-electron chi connectivity index (χ4n) is 4.67. The lowest BCUT2D eigenvalue weighted by molar-refractivity contribution is -0.114. The van der Waals surface area contributed by atoms with E-state index in [9.17, 15) is 9.59 Å². The summed E-state index contributed by atoms with van der Waals surface area (Å²) in [5, 5.41) is 0.629. The number of carbonyl (C=O) groups excluding carboxylic acids is 2. The normalized spacial score (nSPS) is 16.9. The van der Waals surface area contributed by atoms with Crippen LogP contribution in [-0.4, -0.2) is 49.9 Å². The van der Waals surface area contributed by atoms with Crippen LogP contribution in [0.25, 0.3) is 6.08 Å². The Labute approximate surface area is 221 Å². The number of piperazine rings is 1. The van der Waals surface area contributed by atoms with E-state index in [1.165, 1.54) is 28.6 Å². The summed E-state index contributed by atoms with van der Waals surface area (Å²) in [5.41, 5.74) is 5.98. The molecule has 2 amide bonds. The maximum Gasteiger partial charge on any atom is 0.264 e. The van der Waals surface area contributed by atoms with Crippen LogP contribution in [0.5, 0.6) is 0 Å². The predicted octanol–water partition coefficient (Wildman–Crippen LogP) is 6.03. The Kier molecular flexibility index (Phi) is 6.82. The lowest BCUT2D eigenvalue weighted by Crippen LogP contribution is -2.49. The SMILES string of the molecule is Cc1ccc(C)c(N2CCN(C(=O)c3ccc4c(c3)N(C)C(=O)C(=Cc3cccc(Cl)c3)S4)CC2)c1. The molecular formula is C29H28ClN3O2S. The van der Waals surface area contributed by atoms with Gasteiger partial charge in [-0.05, 0) is 73.0 Å². The first-order chi connectivity index (χ1) is 17.3. The molecule has 3 aromatic carbocycles. The van der Waals surface area contributed by atoms with Crippen molar-refractivity contribution in [2.75, 3.05) is 43.0 Å². The van der Waals surface area contributed by atoms with Crippen molar-refractivity contribution < 1.29 is 9.59 Å². The van der Waals surface area contributed by atoms with Gasteiger partial charge in [0.2, 0.25) is 0 Å². The fraction of sp³-hybridized carbons (Fsp3) is 0.241. The summed E-state index contributed by atoms with van der Waals surface area (Å²) in [4.78, 5) is 33.9. The lowest BCUT2D eigenvalue weighted by atomic mass is 10.1. The van der Waals surface area contributed by atoms with Gasteiger partial charge in [0.15, 0.2) is 0 Å². The van der Waals surface area contributed by atoms with E-state index < -0.39 is 0 Å². The number of nitrogens with zero attached hydrogens (tertiary/aromatic N) is 3. The average Bonchev–Trinajstić information content (AvgIpc) is 2.88. The van der Waals surface area contributed by atoms with Gasteiger partial charge in [-0.3, -0.25) is 9.59 Å². The van der Waals surface area contributed by atoms with Crippen molar-refractivity contribution in [2.24, 2.45) is 0 Å². The number of hydrogen-bond donors (Lipinski definition) is 0. The van der Waals surface area contributed by atoms with E-state index in [0.717, 1.165) is 29.2 Å². The lowest BCUT2D eigenvalue weighted by Gasteiger charge is -2.37. The first kappa shape index (κ1) is 24.5. The molecule has 36 heavy (non-hydrogen) atoms. The molecule has 0 radical (unpaired) electrons. The Balaban J connectivity index is 1.31. The van der Waals surface area contributed by atoms with Crippen LogP contribution in [0.2, 0.25) is 5.02 Å². The number of thioether (sulfide) groups is 1. The second-order valence-electron chi connectivity index (χ2n) is 9.28. The number of fused-ring (bicyclic) bond motifs is 1. The highest BCUT2D eigenvalue weighted by Gasteiger charge is 2.29. The number of halogens is 1. The molecule has 5 rings (SSSR count). The third-order valence-electron chi connectivity index (χ3n) is 6.72. The van der Waals surface area contributed by atoms with Crippen molar-refractivity contribution in [1.29, 1.82) is 0 Å². The van der Waals surface area contributed by atoms with Gasteiger partial charge < -0.3 is 14.7 Å². The molecule has 184 valence electrons. The molecule has 1 fully saturated rings. The van der Waals surface area contributed by atoms with Crippen molar-refractivity contribution in [2.45, 2.75) is 18.7 Å². The maximum absolute atomic E-state index is 13.3. The van der Waals surface area contributed by atoms with Crippen molar-refractivity contribution in [3.8, 4) is 0 Å². The Bertz CT molecular complexity index is 1380. The smallest absolute Gasteiger partial charge is 0.264 e. The van der Waals surface area contributed by atoms with Crippen molar-refractivity contribution in [1.82, 2.24) is 4.90 Å². The third kappa shape index (κ3) is 4.88. The van der Waals surface area contributed by atoms with Crippen LogP contribution in [0, 0.1) is 13.8 Å². The highest BCUT2D eigenvalue weighted by molar-refractivity contribution is 8.04. The zero-order chi connectivity index (χ0) is 25.4. The van der Waals surface area contributed by atoms with Gasteiger partial charge in [-0.25, -0.2) is 0 Å². The summed E-state index contributed by atoms with van der Waals surface area (Å²) in [7, 11) is 1.75. The molecule has 0 bridgehead atoms. The van der Waals surface area contributed by atoms with Crippen LogP contribution in [0.15, 0.2) is 70.5 Å². The minimum Gasteiger partial charge on any atom is -0.368 e. The molecule has 0 unspecified atom stereocenters. The molecule has 5 nitrogen and oxygen atoms in total. The topological polar surface area (TPSA) is 43.9 Å². The van der Waals surface area contributed by atoms with Gasteiger partial charge in [-0.15, -0.1) is 0 Å². The summed E-state index contributed by atoms with van der Waals surface area (Å²) >= 11 is 7.52. The minimum absolute atomic E-state index is 0.00419. The predicted molar refractivity (Wildman–Crippen MR) is 149 cm³/mol. The van der Waals surface area contributed by atoms with Gasteiger partial charge in [-0.1, -0.05) is 47.6 Å². The summed E-state index contributed by atoms with van der Waals surface area (Å²) in [6.07, 6.45) is 1.85. The third-order valence-corrected chi connectivity index (χ3v) is 8.03. The van der Waals surface area contributed by atoms with E-state index in [2.05, 4.69) is 36.9 Å². The molecule has 1 saturated heterocycles. The second-order valence-corrected chi connectivity index (χ2v) is 10.8. The second kappa shape index (κ2) is 10.0. The van der Waals surface area contributed by atoms with Crippen LogP contribution >= 0.6 is 23.4 Å². The van der Waals surface area contributed by atoms with E-state index in [1.807, 2.05) is 53.4 Å². The van der Waals surface area contributed by atoms with E-state index in [1.54, 1.807) is 11.9 Å². The standard InChI is InChI=1S/C29H28ClN3O2S/c1-19-7-8-20(2)24(15-19)32-11-13-33(14-12-32)28(34)22-9-10-26-25(18-22)31(3)29(35)27(36-26)17-21-5-4-6-23(30)16-21/h4-10,15-18H,11-14H2,1-3H3. The number of likely N-dealkylation sites (N-methyl/N-ethyl adjacent to an activating group) is 1. The number of amides is 2. The van der Waals surface area contributed by atoms with Crippen LogP contribution < -0.4 is 9.80 Å². The first-order valence-corrected chi connectivity index (χ1v) is 13.2. The van der Waals surface area contributed by atoms with E-state index in [-0.39, 0.29) is 11.8 Å². The zero-order valence-corrected chi connectivity index (χ0v) is 22.2. The summed E-state index contributed by atoms with van der Waals surface area (Å²) < 4.78 is 0. The summed E-state index contributed by atoms with van der Waals surface area (Å²) in [6, 6.07) is 19.6.